The predicted octanol–water partition coefficient (Wildman–Crippen LogP) is 3.49. The maximum absolute atomic E-state index is 14.6. The van der Waals surface area contributed by atoms with E-state index < -0.39 is 21.7 Å². The number of nitrogens with two attached hydrogens (primary N) is 1. The Balaban J connectivity index is 1.59. The molecule has 2 unspecified atom stereocenters. The number of halogens is 2. The van der Waals surface area contributed by atoms with Gasteiger partial charge in [0.1, 0.15) is 11.6 Å². The van der Waals surface area contributed by atoms with Gasteiger partial charge in [0, 0.05) is 24.7 Å². The van der Waals surface area contributed by atoms with Crippen LogP contribution >= 0.6 is 11.3 Å². The number of benzene rings is 2. The van der Waals surface area contributed by atoms with Gasteiger partial charge in [-0.1, -0.05) is 12.1 Å². The number of aromatic nitrogens is 1. The van der Waals surface area contributed by atoms with Gasteiger partial charge in [0.2, 0.25) is 10.0 Å². The van der Waals surface area contributed by atoms with Crippen molar-refractivity contribution in [3.63, 3.8) is 0 Å². The molecule has 1 aromatic heterocycles. The summed E-state index contributed by atoms with van der Waals surface area (Å²) in [4.78, 5) is 19.6. The van der Waals surface area contributed by atoms with Crippen molar-refractivity contribution in [2.75, 3.05) is 13.1 Å². The number of likely N-dealkylation sites (tertiary alicyclic amines) is 1. The fourth-order valence-electron chi connectivity index (χ4n) is 3.97. The van der Waals surface area contributed by atoms with Crippen LogP contribution in [0.1, 0.15) is 16.2 Å². The molecule has 0 bridgehead atoms. The molecule has 31 heavy (non-hydrogen) atoms. The summed E-state index contributed by atoms with van der Waals surface area (Å²) >= 11 is 1.10. The van der Waals surface area contributed by atoms with Crippen molar-refractivity contribution in [1.29, 1.82) is 0 Å². The molecule has 2 fully saturated rings. The quantitative estimate of drug-likeness (QED) is 0.644. The van der Waals surface area contributed by atoms with Crippen LogP contribution in [0.15, 0.2) is 47.4 Å². The lowest BCUT2D eigenvalue weighted by Crippen LogP contribution is -2.30. The molecule has 6 nitrogen and oxygen atoms in total. The molecular weight excluding hydrogens is 444 g/mol. The number of carbonyl (C=O) groups is 1. The molecular formula is C21H17F2N3O3S2. The third-order valence-electron chi connectivity index (χ3n) is 5.71. The molecule has 1 saturated heterocycles. The van der Waals surface area contributed by atoms with Crippen molar-refractivity contribution >= 4 is 27.3 Å². The minimum Gasteiger partial charge on any atom is -0.336 e. The average Bonchev–Trinajstić information content (AvgIpc) is 3.12. The van der Waals surface area contributed by atoms with Gasteiger partial charge < -0.3 is 4.90 Å². The van der Waals surface area contributed by atoms with E-state index in [2.05, 4.69) is 4.98 Å². The summed E-state index contributed by atoms with van der Waals surface area (Å²) in [5.41, 5.74) is 0.817. The van der Waals surface area contributed by atoms with Crippen LogP contribution in [0, 0.1) is 23.5 Å². The predicted molar refractivity (Wildman–Crippen MR) is 112 cm³/mol. The summed E-state index contributed by atoms with van der Waals surface area (Å²) in [6.07, 6.45) is 1.15. The van der Waals surface area contributed by atoms with Gasteiger partial charge in [0.25, 0.3) is 5.91 Å². The smallest absolute Gasteiger partial charge is 0.282 e. The van der Waals surface area contributed by atoms with Gasteiger partial charge in [-0.25, -0.2) is 27.3 Å². The van der Waals surface area contributed by atoms with Crippen LogP contribution in [0.25, 0.3) is 21.7 Å². The molecule has 2 heterocycles. The molecule has 1 aliphatic carbocycles. The first-order chi connectivity index (χ1) is 14.7. The van der Waals surface area contributed by atoms with E-state index in [0.717, 1.165) is 29.9 Å². The normalized spacial score (nSPS) is 20.0. The fourth-order valence-corrected chi connectivity index (χ4v) is 5.53. The molecule has 1 saturated carbocycles. The van der Waals surface area contributed by atoms with Crippen LogP contribution in [0.2, 0.25) is 0 Å². The van der Waals surface area contributed by atoms with Crippen molar-refractivity contribution < 1.29 is 22.0 Å². The highest BCUT2D eigenvalue weighted by Gasteiger charge is 2.47. The van der Waals surface area contributed by atoms with Crippen LogP contribution < -0.4 is 5.14 Å². The van der Waals surface area contributed by atoms with E-state index in [1.165, 1.54) is 30.3 Å². The lowest BCUT2D eigenvalue weighted by molar-refractivity contribution is 0.0775. The van der Waals surface area contributed by atoms with E-state index in [4.69, 9.17) is 5.14 Å². The molecule has 2 aliphatic rings. The van der Waals surface area contributed by atoms with Crippen LogP contribution in [0.4, 0.5) is 8.78 Å². The maximum atomic E-state index is 14.6. The molecule has 2 aromatic carbocycles. The number of sulfonamides is 1. The zero-order valence-corrected chi connectivity index (χ0v) is 17.7. The monoisotopic (exact) mass is 461 g/mol. The number of primary sulfonamides is 1. The first kappa shape index (κ1) is 20.2. The lowest BCUT2D eigenvalue weighted by Gasteiger charge is -2.15. The SMILES string of the molecule is NS(=O)(=O)c1ccc(-c2sc(C(=O)N3CC4CC4C3)nc2-c2ccc(F)cc2F)cc1. The number of nitrogens with zero attached hydrogens (tertiary/aromatic N) is 2. The van der Waals surface area contributed by atoms with Crippen molar-refractivity contribution in [2.45, 2.75) is 11.3 Å². The van der Waals surface area contributed by atoms with Crippen molar-refractivity contribution in [3.05, 3.63) is 59.1 Å². The van der Waals surface area contributed by atoms with Crippen molar-refractivity contribution in [2.24, 2.45) is 17.0 Å². The highest BCUT2D eigenvalue weighted by atomic mass is 32.2. The molecule has 1 aliphatic heterocycles. The molecule has 5 rings (SSSR count). The third kappa shape index (κ3) is 3.75. The topological polar surface area (TPSA) is 93.4 Å². The van der Waals surface area contributed by atoms with E-state index in [1.54, 1.807) is 4.90 Å². The van der Waals surface area contributed by atoms with Crippen LogP contribution in [-0.2, 0) is 10.0 Å². The van der Waals surface area contributed by atoms with Gasteiger partial charge in [0.15, 0.2) is 5.01 Å². The van der Waals surface area contributed by atoms with Gasteiger partial charge >= 0.3 is 0 Å². The second-order valence-corrected chi connectivity index (χ2v) is 10.4. The largest absolute Gasteiger partial charge is 0.336 e. The van der Waals surface area contributed by atoms with E-state index in [9.17, 15) is 22.0 Å². The number of rotatable bonds is 4. The van der Waals surface area contributed by atoms with E-state index >= 15 is 0 Å². The molecule has 3 aromatic rings. The number of hydrogen-bond acceptors (Lipinski definition) is 5. The standard InChI is InChI=1S/C21H17F2N3O3S2/c22-14-3-6-16(17(23)8-14)18-19(11-1-4-15(5-2-11)31(24,28)29)30-20(25-18)21(27)26-9-12-7-13(12)10-26/h1-6,8,12-13H,7,9-10H2,(H2,24,28,29). The molecule has 1 amide bonds. The molecule has 10 heteroatoms. The Morgan fingerprint density at radius 3 is 2.39 bits per heavy atom. The summed E-state index contributed by atoms with van der Waals surface area (Å²) < 4.78 is 51.1. The van der Waals surface area contributed by atoms with Gasteiger partial charge in [-0.15, -0.1) is 11.3 Å². The zero-order chi connectivity index (χ0) is 21.9. The number of fused-ring (bicyclic) bond motifs is 1. The van der Waals surface area contributed by atoms with Crippen LogP contribution in [0.3, 0.4) is 0 Å². The van der Waals surface area contributed by atoms with E-state index in [-0.39, 0.29) is 27.1 Å². The Morgan fingerprint density at radius 2 is 1.77 bits per heavy atom. The van der Waals surface area contributed by atoms with Gasteiger partial charge in [-0.2, -0.15) is 0 Å². The van der Waals surface area contributed by atoms with Crippen molar-refractivity contribution in [1.82, 2.24) is 9.88 Å². The molecule has 2 atom stereocenters. The Bertz CT molecular complexity index is 1300. The minimum absolute atomic E-state index is 0.0616. The van der Waals surface area contributed by atoms with Gasteiger partial charge in [0.05, 0.1) is 15.5 Å². The molecule has 160 valence electrons. The highest BCUT2D eigenvalue weighted by molar-refractivity contribution is 7.89. The summed E-state index contributed by atoms with van der Waals surface area (Å²) in [5.74, 6) is -0.614. The fraction of sp³-hybridized carbons (Fsp3) is 0.238. The maximum Gasteiger partial charge on any atom is 0.282 e. The third-order valence-corrected chi connectivity index (χ3v) is 7.73. The number of amides is 1. The highest BCUT2D eigenvalue weighted by Crippen LogP contribution is 2.46. The molecule has 2 N–H and O–H groups in total. The summed E-state index contributed by atoms with van der Waals surface area (Å²) in [6, 6.07) is 8.89. The van der Waals surface area contributed by atoms with Crippen LogP contribution in [-0.4, -0.2) is 37.3 Å². The van der Waals surface area contributed by atoms with Crippen molar-refractivity contribution in [3.8, 4) is 21.7 Å². The summed E-state index contributed by atoms with van der Waals surface area (Å²) in [5, 5.41) is 5.37. The molecule has 0 spiro atoms. The van der Waals surface area contributed by atoms with E-state index in [1.807, 2.05) is 0 Å². The average molecular weight is 462 g/mol. The second-order valence-electron chi connectivity index (χ2n) is 7.86. The van der Waals surface area contributed by atoms with Crippen LogP contribution in [0.5, 0.6) is 0 Å². The lowest BCUT2D eigenvalue weighted by atomic mass is 10.1. The Kier molecular flexibility index (Phi) is 4.68. The first-order valence-electron chi connectivity index (χ1n) is 9.59. The first-order valence-corrected chi connectivity index (χ1v) is 12.0. The minimum atomic E-state index is -3.87. The number of hydrogen-bond donors (Lipinski definition) is 1. The second kappa shape index (κ2) is 7.18. The zero-order valence-electron chi connectivity index (χ0n) is 16.1. The van der Waals surface area contributed by atoms with E-state index in [0.29, 0.717) is 35.4 Å². The number of carbonyl (C=O) groups excluding carboxylic acids is 1. The van der Waals surface area contributed by atoms with Gasteiger partial charge in [-0.05, 0) is 48.1 Å². The summed E-state index contributed by atoms with van der Waals surface area (Å²) in [6.45, 7) is 1.39. The molecule has 0 radical (unpaired) electrons. The Morgan fingerprint density at radius 1 is 1.10 bits per heavy atom. The summed E-state index contributed by atoms with van der Waals surface area (Å²) in [7, 11) is -3.87. The van der Waals surface area contributed by atoms with Gasteiger partial charge in [-0.3, -0.25) is 4.79 Å². The Hall–Kier alpha value is -2.69. The number of piperidine rings is 1. The number of thiazole rings is 1. The Labute approximate surface area is 181 Å².